The fraction of sp³-hybridized carbons (Fsp3) is 0.429. The van der Waals surface area contributed by atoms with Crippen LogP contribution in [0.2, 0.25) is 0 Å². The molecule has 1 aliphatic heterocycles. The maximum atomic E-state index is 13.0. The zero-order chi connectivity index (χ0) is 21.9. The molecule has 0 saturated carbocycles. The van der Waals surface area contributed by atoms with Gasteiger partial charge in [0.1, 0.15) is 10.6 Å². The van der Waals surface area contributed by atoms with Gasteiger partial charge in [-0.05, 0) is 60.2 Å². The van der Waals surface area contributed by atoms with E-state index in [1.54, 1.807) is 24.3 Å². The van der Waals surface area contributed by atoms with Crippen molar-refractivity contribution < 1.29 is 21.6 Å². The van der Waals surface area contributed by atoms with Crippen LogP contribution in [0.1, 0.15) is 37.0 Å². The van der Waals surface area contributed by atoms with Gasteiger partial charge in [-0.25, -0.2) is 16.8 Å². The molecule has 1 N–H and O–H groups in total. The average Bonchev–Trinajstić information content (AvgIpc) is 2.72. The molecule has 0 atom stereocenters. The van der Waals surface area contributed by atoms with E-state index in [0.29, 0.717) is 31.5 Å². The quantitative estimate of drug-likeness (QED) is 0.664. The van der Waals surface area contributed by atoms with Gasteiger partial charge >= 0.3 is 0 Å². The second-order valence-electron chi connectivity index (χ2n) is 7.33. The van der Waals surface area contributed by atoms with Gasteiger partial charge in [0, 0.05) is 18.8 Å². The molecule has 2 aromatic rings. The molecule has 0 aromatic heterocycles. The van der Waals surface area contributed by atoms with Gasteiger partial charge in [0.15, 0.2) is 0 Å². The number of hydrogen-bond donors (Lipinski definition) is 1. The van der Waals surface area contributed by atoms with E-state index in [2.05, 4.69) is 4.72 Å². The topological polar surface area (TPSA) is 92.8 Å². The molecule has 0 unspecified atom stereocenters. The summed E-state index contributed by atoms with van der Waals surface area (Å²) in [6.07, 6.45) is 1.87. The summed E-state index contributed by atoms with van der Waals surface area (Å²) in [6, 6.07) is 10.4. The Bertz CT molecular complexity index is 1130. The molecular formula is C21H28N2O5S2. The lowest BCUT2D eigenvalue weighted by atomic mass is 10.0. The van der Waals surface area contributed by atoms with E-state index in [1.807, 2.05) is 26.0 Å². The number of methoxy groups -OCH3 is 1. The van der Waals surface area contributed by atoms with E-state index < -0.39 is 20.0 Å². The van der Waals surface area contributed by atoms with Crippen LogP contribution in [0.5, 0.6) is 5.75 Å². The van der Waals surface area contributed by atoms with E-state index in [-0.39, 0.29) is 22.9 Å². The van der Waals surface area contributed by atoms with Gasteiger partial charge in [-0.15, -0.1) is 0 Å². The van der Waals surface area contributed by atoms with Crippen molar-refractivity contribution in [2.24, 2.45) is 0 Å². The Labute approximate surface area is 179 Å². The Hall–Kier alpha value is -2.10. The number of sulfonamides is 2. The normalized spacial score (nSPS) is 14.9. The number of benzene rings is 2. The van der Waals surface area contributed by atoms with Crippen molar-refractivity contribution in [1.29, 1.82) is 0 Å². The van der Waals surface area contributed by atoms with E-state index in [1.165, 1.54) is 11.4 Å². The summed E-state index contributed by atoms with van der Waals surface area (Å²) >= 11 is 0. The Morgan fingerprint density at radius 1 is 1.03 bits per heavy atom. The molecule has 0 fully saturated rings. The number of nitrogens with zero attached hydrogens (tertiary/aromatic N) is 1. The molecule has 0 radical (unpaired) electrons. The predicted octanol–water partition coefficient (Wildman–Crippen LogP) is 3.16. The number of aryl methyl sites for hydroxylation is 1. The van der Waals surface area contributed by atoms with Gasteiger partial charge in [0.25, 0.3) is 10.0 Å². The predicted molar refractivity (Wildman–Crippen MR) is 118 cm³/mol. The first-order chi connectivity index (χ1) is 14.2. The van der Waals surface area contributed by atoms with Crippen molar-refractivity contribution in [3.8, 4) is 5.75 Å². The largest absolute Gasteiger partial charge is 0.495 e. The Kier molecular flexibility index (Phi) is 6.74. The number of ether oxygens (including phenoxy) is 1. The van der Waals surface area contributed by atoms with Gasteiger partial charge in [0.05, 0.1) is 12.9 Å². The molecule has 164 valence electrons. The number of nitrogens with one attached hydrogen (secondary N) is 1. The molecule has 9 heteroatoms. The summed E-state index contributed by atoms with van der Waals surface area (Å²) < 4.78 is 60.2. The van der Waals surface area contributed by atoms with Gasteiger partial charge in [-0.3, -0.25) is 4.72 Å². The highest BCUT2D eigenvalue weighted by Gasteiger charge is 2.27. The molecule has 3 rings (SSSR count). The molecule has 0 spiro atoms. The van der Waals surface area contributed by atoms with Crippen LogP contribution in [0, 0.1) is 0 Å². The Morgan fingerprint density at radius 3 is 2.47 bits per heavy atom. The third kappa shape index (κ3) is 4.79. The van der Waals surface area contributed by atoms with E-state index in [0.717, 1.165) is 16.7 Å². The second kappa shape index (κ2) is 8.95. The molecule has 2 aromatic carbocycles. The van der Waals surface area contributed by atoms with E-state index >= 15 is 0 Å². The third-order valence-corrected chi connectivity index (χ3v) is 8.64. The lowest BCUT2D eigenvalue weighted by Gasteiger charge is -2.28. The molecular weight excluding hydrogens is 424 g/mol. The molecule has 1 heterocycles. The standard InChI is InChI=1S/C21H28N2O5S2/c1-4-12-29(24,25)23-11-10-17-7-8-19(14-18(17)15-23)22-30(26,27)21-13-16(5-2)6-9-20(21)28-3/h6-9,13-14,22H,4-5,10-12,15H2,1-3H3. The summed E-state index contributed by atoms with van der Waals surface area (Å²) in [6.45, 7) is 4.49. The number of anilines is 1. The maximum Gasteiger partial charge on any atom is 0.265 e. The van der Waals surface area contributed by atoms with Crippen LogP contribution in [-0.4, -0.2) is 40.5 Å². The minimum absolute atomic E-state index is 0.0780. The summed E-state index contributed by atoms with van der Waals surface area (Å²) in [5.41, 5.74) is 3.13. The van der Waals surface area contributed by atoms with Crippen molar-refractivity contribution in [2.75, 3.05) is 24.1 Å². The number of rotatable bonds is 8. The van der Waals surface area contributed by atoms with Gasteiger partial charge in [-0.2, -0.15) is 4.31 Å². The molecule has 0 aliphatic carbocycles. The minimum atomic E-state index is -3.87. The van der Waals surface area contributed by atoms with Crippen LogP contribution >= 0.6 is 0 Å². The summed E-state index contributed by atoms with van der Waals surface area (Å²) in [5.74, 6) is 0.386. The van der Waals surface area contributed by atoms with Crippen molar-refractivity contribution in [2.45, 2.75) is 44.6 Å². The van der Waals surface area contributed by atoms with Gasteiger partial charge in [-0.1, -0.05) is 26.0 Å². The highest BCUT2D eigenvalue weighted by molar-refractivity contribution is 7.92. The van der Waals surface area contributed by atoms with Crippen molar-refractivity contribution in [1.82, 2.24) is 4.31 Å². The fourth-order valence-electron chi connectivity index (χ4n) is 3.58. The third-order valence-electron chi connectivity index (χ3n) is 5.22. The SMILES string of the molecule is CCCS(=O)(=O)N1CCc2ccc(NS(=O)(=O)c3cc(CC)ccc3OC)cc2C1. The molecule has 0 bridgehead atoms. The molecule has 0 saturated heterocycles. The van der Waals surface area contributed by atoms with Gasteiger partial charge < -0.3 is 4.74 Å². The molecule has 30 heavy (non-hydrogen) atoms. The van der Waals surface area contributed by atoms with Crippen LogP contribution in [-0.2, 0) is 39.4 Å². The maximum absolute atomic E-state index is 13.0. The summed E-state index contributed by atoms with van der Waals surface area (Å²) in [7, 11) is -5.74. The van der Waals surface area contributed by atoms with E-state index in [4.69, 9.17) is 4.74 Å². The van der Waals surface area contributed by atoms with Crippen LogP contribution in [0.3, 0.4) is 0 Å². The first kappa shape index (κ1) is 22.6. The fourth-order valence-corrected chi connectivity index (χ4v) is 6.33. The van der Waals surface area contributed by atoms with Crippen LogP contribution < -0.4 is 9.46 Å². The highest BCUT2D eigenvalue weighted by Crippen LogP contribution is 2.29. The monoisotopic (exact) mass is 452 g/mol. The Morgan fingerprint density at radius 2 is 1.80 bits per heavy atom. The average molecular weight is 453 g/mol. The van der Waals surface area contributed by atoms with Crippen LogP contribution in [0.25, 0.3) is 0 Å². The summed E-state index contributed by atoms with van der Waals surface area (Å²) in [4.78, 5) is 0.0780. The number of hydrogen-bond acceptors (Lipinski definition) is 5. The summed E-state index contributed by atoms with van der Waals surface area (Å²) in [5, 5.41) is 0. The molecule has 0 amide bonds. The molecule has 1 aliphatic rings. The van der Waals surface area contributed by atoms with Crippen LogP contribution in [0.4, 0.5) is 5.69 Å². The second-order valence-corrected chi connectivity index (χ2v) is 11.1. The minimum Gasteiger partial charge on any atom is -0.495 e. The first-order valence-electron chi connectivity index (χ1n) is 9.99. The number of fused-ring (bicyclic) bond motifs is 1. The van der Waals surface area contributed by atoms with Crippen molar-refractivity contribution in [3.63, 3.8) is 0 Å². The van der Waals surface area contributed by atoms with Crippen molar-refractivity contribution in [3.05, 3.63) is 53.1 Å². The molecule has 7 nitrogen and oxygen atoms in total. The van der Waals surface area contributed by atoms with E-state index in [9.17, 15) is 16.8 Å². The van der Waals surface area contributed by atoms with Crippen LogP contribution in [0.15, 0.2) is 41.3 Å². The smallest absolute Gasteiger partial charge is 0.265 e. The zero-order valence-electron chi connectivity index (χ0n) is 17.5. The first-order valence-corrected chi connectivity index (χ1v) is 13.1. The van der Waals surface area contributed by atoms with Gasteiger partial charge in [0.2, 0.25) is 10.0 Å². The highest BCUT2D eigenvalue weighted by atomic mass is 32.2. The van der Waals surface area contributed by atoms with Crippen molar-refractivity contribution >= 4 is 25.7 Å². The lowest BCUT2D eigenvalue weighted by Crippen LogP contribution is -2.37. The zero-order valence-corrected chi connectivity index (χ0v) is 19.1. The Balaban J connectivity index is 1.89. The lowest BCUT2D eigenvalue weighted by molar-refractivity contribution is 0.391.